The summed E-state index contributed by atoms with van der Waals surface area (Å²) in [6, 6.07) is 1.70. The van der Waals surface area contributed by atoms with Gasteiger partial charge in [0.05, 0.1) is 18.8 Å². The van der Waals surface area contributed by atoms with Gasteiger partial charge >= 0.3 is 6.09 Å². The van der Waals surface area contributed by atoms with Gasteiger partial charge in [0.15, 0.2) is 0 Å². The molecule has 0 aromatic carbocycles. The molecule has 1 amide bonds. The van der Waals surface area contributed by atoms with E-state index in [1.807, 2.05) is 20.8 Å². The van der Waals surface area contributed by atoms with E-state index in [2.05, 4.69) is 10.2 Å². The highest BCUT2D eigenvalue weighted by Crippen LogP contribution is 2.31. The first-order valence-corrected chi connectivity index (χ1v) is 5.50. The summed E-state index contributed by atoms with van der Waals surface area (Å²) in [5, 5.41) is 16.7. The van der Waals surface area contributed by atoms with Crippen LogP contribution in [-0.2, 0) is 10.3 Å². The molecule has 2 N–H and O–H groups in total. The van der Waals surface area contributed by atoms with Crippen LogP contribution < -0.4 is 0 Å². The minimum atomic E-state index is -1.02. The van der Waals surface area contributed by atoms with Crippen molar-refractivity contribution in [1.29, 1.82) is 0 Å². The van der Waals surface area contributed by atoms with E-state index in [1.165, 1.54) is 4.90 Å². The van der Waals surface area contributed by atoms with E-state index in [4.69, 9.17) is 4.74 Å². The van der Waals surface area contributed by atoms with Gasteiger partial charge in [-0.15, -0.1) is 0 Å². The maximum atomic E-state index is 11.7. The summed E-state index contributed by atoms with van der Waals surface area (Å²) in [4.78, 5) is 13.1. The number of hydrogen-bond donors (Lipinski definition) is 2. The number of rotatable bonds is 1. The Morgan fingerprint density at radius 1 is 1.59 bits per heavy atom. The molecule has 6 heteroatoms. The van der Waals surface area contributed by atoms with Gasteiger partial charge in [0.1, 0.15) is 11.2 Å². The molecule has 1 aliphatic rings. The molecule has 0 unspecified atom stereocenters. The second-order valence-electron chi connectivity index (χ2n) is 5.34. The number of amides is 1. The lowest BCUT2D eigenvalue weighted by atomic mass is 9.91. The van der Waals surface area contributed by atoms with Crippen LogP contribution in [0.2, 0.25) is 0 Å². The highest BCUT2D eigenvalue weighted by molar-refractivity contribution is 5.69. The van der Waals surface area contributed by atoms with Crippen molar-refractivity contribution >= 4 is 6.09 Å². The number of aliphatic hydroxyl groups is 1. The summed E-state index contributed by atoms with van der Waals surface area (Å²) in [6.07, 6.45) is 1.17. The third-order valence-corrected chi connectivity index (χ3v) is 2.56. The first kappa shape index (κ1) is 11.9. The van der Waals surface area contributed by atoms with E-state index < -0.39 is 17.3 Å². The number of nitrogens with zero attached hydrogens (tertiary/aromatic N) is 2. The molecule has 0 bridgehead atoms. The molecule has 0 aliphatic carbocycles. The number of carbonyl (C=O) groups excluding carboxylic acids is 1. The van der Waals surface area contributed by atoms with Gasteiger partial charge in [-0.2, -0.15) is 5.10 Å². The van der Waals surface area contributed by atoms with Crippen molar-refractivity contribution < 1.29 is 14.6 Å². The summed E-state index contributed by atoms with van der Waals surface area (Å²) >= 11 is 0. The van der Waals surface area contributed by atoms with Gasteiger partial charge in [-0.3, -0.25) is 5.10 Å². The van der Waals surface area contributed by atoms with Crippen LogP contribution >= 0.6 is 0 Å². The van der Waals surface area contributed by atoms with E-state index >= 15 is 0 Å². The third kappa shape index (κ3) is 2.41. The predicted molar refractivity (Wildman–Crippen MR) is 60.3 cm³/mol. The van der Waals surface area contributed by atoms with E-state index in [1.54, 1.807) is 12.3 Å². The molecule has 1 aromatic heterocycles. The van der Waals surface area contributed by atoms with Crippen molar-refractivity contribution in [3.63, 3.8) is 0 Å². The monoisotopic (exact) mass is 239 g/mol. The molecule has 6 nitrogen and oxygen atoms in total. The lowest BCUT2D eigenvalue weighted by molar-refractivity contribution is -0.106. The number of β-amino-alcohol motifs (C(OH)–C–C–N with tert-alkyl or cyclic N) is 1. The Kier molecular flexibility index (Phi) is 2.61. The first-order valence-electron chi connectivity index (χ1n) is 5.50. The molecule has 94 valence electrons. The second-order valence-corrected chi connectivity index (χ2v) is 5.34. The summed E-state index contributed by atoms with van der Waals surface area (Å²) in [5.41, 5.74) is -0.913. The Labute approximate surface area is 99.6 Å². The van der Waals surface area contributed by atoms with Crippen LogP contribution in [0.15, 0.2) is 12.3 Å². The van der Waals surface area contributed by atoms with Gasteiger partial charge in [0.25, 0.3) is 0 Å². The maximum Gasteiger partial charge on any atom is 0.410 e. The van der Waals surface area contributed by atoms with Gasteiger partial charge in [-0.1, -0.05) is 0 Å². The molecule has 0 saturated carbocycles. The van der Waals surface area contributed by atoms with E-state index in [0.717, 1.165) is 0 Å². The van der Waals surface area contributed by atoms with Crippen LogP contribution in [0.4, 0.5) is 4.79 Å². The van der Waals surface area contributed by atoms with Gasteiger partial charge in [0, 0.05) is 6.20 Å². The topological polar surface area (TPSA) is 78.4 Å². The van der Waals surface area contributed by atoms with Gasteiger partial charge < -0.3 is 14.7 Å². The molecule has 17 heavy (non-hydrogen) atoms. The molecule has 0 spiro atoms. The fourth-order valence-corrected chi connectivity index (χ4v) is 1.73. The average molecular weight is 239 g/mol. The average Bonchev–Trinajstić information content (AvgIpc) is 2.62. The molecule has 0 atom stereocenters. The predicted octanol–water partition coefficient (Wildman–Crippen LogP) is 0.848. The minimum Gasteiger partial charge on any atom is -0.444 e. The molecule has 2 heterocycles. The zero-order valence-corrected chi connectivity index (χ0v) is 10.2. The van der Waals surface area contributed by atoms with Crippen LogP contribution in [0.25, 0.3) is 0 Å². The zero-order chi connectivity index (χ0) is 12.7. The van der Waals surface area contributed by atoms with Crippen LogP contribution in [0.5, 0.6) is 0 Å². The Bertz CT molecular complexity index is 402. The molecular formula is C11H17N3O3. The molecule has 1 aliphatic heterocycles. The van der Waals surface area contributed by atoms with Crippen LogP contribution in [0.1, 0.15) is 26.5 Å². The number of hydrogen-bond acceptors (Lipinski definition) is 4. The number of aromatic nitrogens is 2. The van der Waals surface area contributed by atoms with E-state index in [0.29, 0.717) is 5.69 Å². The highest BCUT2D eigenvalue weighted by atomic mass is 16.6. The lowest BCUT2D eigenvalue weighted by Crippen LogP contribution is -2.62. The SMILES string of the molecule is CC(C)(C)OC(=O)N1CC(O)(c2ccn[nH]2)C1. The maximum absolute atomic E-state index is 11.7. The number of carbonyl (C=O) groups is 1. The fraction of sp³-hybridized carbons (Fsp3) is 0.636. The molecule has 1 saturated heterocycles. The molecular weight excluding hydrogens is 222 g/mol. The van der Waals surface area contributed by atoms with Gasteiger partial charge in [0.2, 0.25) is 0 Å². The highest BCUT2D eigenvalue weighted by Gasteiger charge is 2.47. The Hall–Kier alpha value is -1.56. The fourth-order valence-electron chi connectivity index (χ4n) is 1.73. The van der Waals surface area contributed by atoms with Crippen LogP contribution in [-0.4, -0.2) is 45.0 Å². The number of aromatic amines is 1. The second kappa shape index (κ2) is 3.73. The van der Waals surface area contributed by atoms with E-state index in [9.17, 15) is 9.90 Å². The number of likely N-dealkylation sites (tertiary alicyclic amines) is 1. The van der Waals surface area contributed by atoms with Gasteiger partial charge in [-0.05, 0) is 26.8 Å². The van der Waals surface area contributed by atoms with Crippen molar-refractivity contribution in [2.45, 2.75) is 32.0 Å². The Balaban J connectivity index is 1.93. The number of H-pyrrole nitrogens is 1. The van der Waals surface area contributed by atoms with Gasteiger partial charge in [-0.25, -0.2) is 4.79 Å². The van der Waals surface area contributed by atoms with Crippen LogP contribution in [0.3, 0.4) is 0 Å². The minimum absolute atomic E-state index is 0.226. The first-order chi connectivity index (χ1) is 7.80. The Morgan fingerprint density at radius 2 is 2.24 bits per heavy atom. The lowest BCUT2D eigenvalue weighted by Gasteiger charge is -2.45. The summed E-state index contributed by atoms with van der Waals surface area (Å²) in [6.45, 7) is 5.89. The smallest absolute Gasteiger partial charge is 0.410 e. The van der Waals surface area contributed by atoms with Crippen molar-refractivity contribution in [3.8, 4) is 0 Å². The van der Waals surface area contributed by atoms with Crippen molar-refractivity contribution in [1.82, 2.24) is 15.1 Å². The standard InChI is InChI=1S/C11H17N3O3/c1-10(2,3)17-9(15)14-6-11(16,7-14)8-4-5-12-13-8/h4-5,16H,6-7H2,1-3H3,(H,12,13). The van der Waals surface area contributed by atoms with Crippen molar-refractivity contribution in [2.75, 3.05) is 13.1 Å². The normalized spacial score (nSPS) is 18.7. The quantitative estimate of drug-likeness (QED) is 0.761. The summed E-state index contributed by atoms with van der Waals surface area (Å²) in [5.74, 6) is 0. The third-order valence-electron chi connectivity index (χ3n) is 2.56. The zero-order valence-electron chi connectivity index (χ0n) is 10.2. The summed E-state index contributed by atoms with van der Waals surface area (Å²) < 4.78 is 5.20. The van der Waals surface area contributed by atoms with E-state index in [-0.39, 0.29) is 13.1 Å². The summed E-state index contributed by atoms with van der Waals surface area (Å²) in [7, 11) is 0. The molecule has 1 aromatic rings. The molecule has 0 radical (unpaired) electrons. The van der Waals surface area contributed by atoms with Crippen molar-refractivity contribution in [2.24, 2.45) is 0 Å². The largest absolute Gasteiger partial charge is 0.444 e. The van der Waals surface area contributed by atoms with Crippen LogP contribution in [0, 0.1) is 0 Å². The Morgan fingerprint density at radius 3 is 2.71 bits per heavy atom. The number of nitrogens with one attached hydrogen (secondary N) is 1. The number of ether oxygens (including phenoxy) is 1. The van der Waals surface area contributed by atoms with Crippen molar-refractivity contribution in [3.05, 3.63) is 18.0 Å². The molecule has 1 fully saturated rings. The molecule has 2 rings (SSSR count).